The molecule has 4 aromatic rings. The maximum Gasteiger partial charge on any atom is 0.258 e. The lowest BCUT2D eigenvalue weighted by atomic mass is 10.1. The highest BCUT2D eigenvalue weighted by Crippen LogP contribution is 2.27. The molecule has 0 atom stereocenters. The number of aromatic nitrogens is 2. The van der Waals surface area contributed by atoms with Gasteiger partial charge in [0.05, 0.1) is 12.2 Å². The van der Waals surface area contributed by atoms with Gasteiger partial charge in [-0.2, -0.15) is 0 Å². The highest BCUT2D eigenvalue weighted by Gasteiger charge is 2.11. The summed E-state index contributed by atoms with van der Waals surface area (Å²) in [5.74, 6) is 0.546. The van der Waals surface area contributed by atoms with E-state index in [1.54, 1.807) is 23.7 Å². The average Bonchev–Trinajstić information content (AvgIpc) is 3.12. The van der Waals surface area contributed by atoms with Crippen molar-refractivity contribution in [1.82, 2.24) is 15.3 Å². The first kappa shape index (κ1) is 18.1. The number of nitrogens with zero attached hydrogens (tertiary/aromatic N) is 2. The number of rotatable bonds is 6. The quantitative estimate of drug-likeness (QED) is 0.532. The molecule has 0 saturated carbocycles. The molecule has 2 aromatic carbocycles. The minimum Gasteiger partial charge on any atom is -0.483 e. The molecule has 0 radical (unpaired) electrons. The fourth-order valence-corrected chi connectivity index (χ4v) is 3.89. The number of thiazole rings is 1. The molecule has 4 rings (SSSR count). The third-order valence-corrected chi connectivity index (χ3v) is 5.56. The van der Waals surface area contributed by atoms with Gasteiger partial charge in [-0.3, -0.25) is 9.78 Å². The molecule has 2 aromatic heterocycles. The summed E-state index contributed by atoms with van der Waals surface area (Å²) in [6, 6.07) is 17.6. The first-order valence-electron chi connectivity index (χ1n) is 8.94. The van der Waals surface area contributed by atoms with E-state index >= 15 is 0 Å². The van der Waals surface area contributed by atoms with Gasteiger partial charge in [0.15, 0.2) is 6.61 Å². The molecule has 0 aliphatic carbocycles. The van der Waals surface area contributed by atoms with Crippen LogP contribution in [0.25, 0.3) is 21.3 Å². The summed E-state index contributed by atoms with van der Waals surface area (Å²) in [5.41, 5.74) is 1.89. The number of carbonyl (C=O) groups is 1. The van der Waals surface area contributed by atoms with Crippen LogP contribution in [0.1, 0.15) is 10.6 Å². The number of amides is 1. The number of hydrogen-bond acceptors (Lipinski definition) is 5. The predicted octanol–water partition coefficient (Wildman–Crippen LogP) is 4.36. The van der Waals surface area contributed by atoms with Gasteiger partial charge >= 0.3 is 0 Å². The highest BCUT2D eigenvalue weighted by molar-refractivity contribution is 7.15. The first-order valence-corrected chi connectivity index (χ1v) is 9.76. The van der Waals surface area contributed by atoms with Crippen LogP contribution in [0.3, 0.4) is 0 Å². The van der Waals surface area contributed by atoms with Gasteiger partial charge in [0.2, 0.25) is 0 Å². The van der Waals surface area contributed by atoms with Crippen molar-refractivity contribution in [3.8, 4) is 16.3 Å². The van der Waals surface area contributed by atoms with Gasteiger partial charge in [-0.15, -0.1) is 11.3 Å². The van der Waals surface area contributed by atoms with E-state index in [4.69, 9.17) is 4.74 Å². The maximum atomic E-state index is 12.3. The molecule has 5 nitrogen and oxygen atoms in total. The monoisotopic (exact) mass is 389 g/mol. The zero-order valence-corrected chi connectivity index (χ0v) is 16.2. The van der Waals surface area contributed by atoms with Gasteiger partial charge in [-0.1, -0.05) is 36.4 Å². The molecule has 0 spiro atoms. The maximum absolute atomic E-state index is 12.3. The summed E-state index contributed by atoms with van der Waals surface area (Å²) in [7, 11) is 0. The minimum absolute atomic E-state index is 0.0265. The minimum atomic E-state index is -0.163. The third kappa shape index (κ3) is 4.02. The molecule has 0 fully saturated rings. The van der Waals surface area contributed by atoms with Crippen LogP contribution in [-0.2, 0) is 11.3 Å². The smallest absolute Gasteiger partial charge is 0.258 e. The van der Waals surface area contributed by atoms with E-state index < -0.39 is 0 Å². The van der Waals surface area contributed by atoms with Crippen molar-refractivity contribution in [1.29, 1.82) is 0 Å². The molecule has 0 aliphatic rings. The number of aryl methyl sites for hydroxylation is 1. The Morgan fingerprint density at radius 3 is 2.82 bits per heavy atom. The molecule has 6 heteroatoms. The molecule has 0 bridgehead atoms. The van der Waals surface area contributed by atoms with Gasteiger partial charge in [0.1, 0.15) is 10.8 Å². The van der Waals surface area contributed by atoms with Crippen LogP contribution in [-0.4, -0.2) is 22.5 Å². The van der Waals surface area contributed by atoms with Crippen LogP contribution in [0.15, 0.2) is 67.0 Å². The number of benzene rings is 2. The van der Waals surface area contributed by atoms with E-state index in [-0.39, 0.29) is 12.5 Å². The Morgan fingerprint density at radius 1 is 1.11 bits per heavy atom. The van der Waals surface area contributed by atoms with Gasteiger partial charge in [0.25, 0.3) is 5.91 Å². The Bertz CT molecular complexity index is 1100. The van der Waals surface area contributed by atoms with E-state index in [2.05, 4.69) is 15.3 Å². The first-order chi connectivity index (χ1) is 13.7. The second-order valence-electron chi connectivity index (χ2n) is 6.31. The lowest BCUT2D eigenvalue weighted by Gasteiger charge is -2.09. The fourth-order valence-electron chi connectivity index (χ4n) is 2.90. The van der Waals surface area contributed by atoms with E-state index in [9.17, 15) is 4.79 Å². The van der Waals surface area contributed by atoms with Crippen molar-refractivity contribution >= 4 is 28.0 Å². The largest absolute Gasteiger partial charge is 0.483 e. The zero-order chi connectivity index (χ0) is 19.3. The summed E-state index contributed by atoms with van der Waals surface area (Å²) in [5, 5.41) is 5.90. The van der Waals surface area contributed by atoms with Gasteiger partial charge in [-0.25, -0.2) is 4.98 Å². The Labute approximate surface area is 167 Å². The lowest BCUT2D eigenvalue weighted by Crippen LogP contribution is -2.28. The molecule has 28 heavy (non-hydrogen) atoms. The Morgan fingerprint density at radius 2 is 1.96 bits per heavy atom. The van der Waals surface area contributed by atoms with Gasteiger partial charge in [0, 0.05) is 28.2 Å². The normalized spacial score (nSPS) is 10.8. The number of hydrogen-bond donors (Lipinski definition) is 1. The van der Waals surface area contributed by atoms with Crippen molar-refractivity contribution in [3.05, 3.63) is 77.6 Å². The molecule has 0 saturated heterocycles. The van der Waals surface area contributed by atoms with Gasteiger partial charge in [-0.05, 0) is 30.5 Å². The SMILES string of the molecule is Cc1nc(-c2cccnc2)sc1CNC(=O)COc1cccc2ccccc12. The Balaban J connectivity index is 1.37. The van der Waals surface area contributed by atoms with Crippen LogP contribution in [0.5, 0.6) is 5.75 Å². The third-order valence-electron chi connectivity index (χ3n) is 4.36. The van der Waals surface area contributed by atoms with Crippen LogP contribution in [0.4, 0.5) is 0 Å². The van der Waals surface area contributed by atoms with Crippen LogP contribution in [0.2, 0.25) is 0 Å². The van der Waals surface area contributed by atoms with Crippen molar-refractivity contribution in [2.24, 2.45) is 0 Å². The standard InChI is InChI=1S/C22H19N3O2S/c1-15-20(28-22(25-15)17-8-5-11-23-12-17)13-24-21(26)14-27-19-10-4-7-16-6-2-3-9-18(16)19/h2-12H,13-14H2,1H3,(H,24,26). The highest BCUT2D eigenvalue weighted by atomic mass is 32.1. The number of fused-ring (bicyclic) bond motifs is 1. The molecule has 1 amide bonds. The second-order valence-corrected chi connectivity index (χ2v) is 7.40. The molecule has 1 N–H and O–H groups in total. The van der Waals surface area contributed by atoms with E-state index in [0.29, 0.717) is 12.3 Å². The van der Waals surface area contributed by atoms with Crippen LogP contribution >= 0.6 is 11.3 Å². The van der Waals surface area contributed by atoms with Crippen molar-refractivity contribution < 1.29 is 9.53 Å². The summed E-state index contributed by atoms with van der Waals surface area (Å²) in [6.07, 6.45) is 3.53. The van der Waals surface area contributed by atoms with E-state index in [0.717, 1.165) is 31.9 Å². The Kier molecular flexibility index (Phi) is 5.30. The van der Waals surface area contributed by atoms with Crippen LogP contribution < -0.4 is 10.1 Å². The summed E-state index contributed by atoms with van der Waals surface area (Å²) < 4.78 is 5.74. The molecular weight excluding hydrogens is 370 g/mol. The van der Waals surface area contributed by atoms with Crippen molar-refractivity contribution in [2.75, 3.05) is 6.61 Å². The molecule has 0 unspecified atom stereocenters. The predicted molar refractivity (Wildman–Crippen MR) is 111 cm³/mol. The summed E-state index contributed by atoms with van der Waals surface area (Å²) >= 11 is 1.56. The molecule has 140 valence electrons. The van der Waals surface area contributed by atoms with Crippen molar-refractivity contribution in [3.63, 3.8) is 0 Å². The number of pyridine rings is 1. The van der Waals surface area contributed by atoms with Gasteiger partial charge < -0.3 is 10.1 Å². The molecule has 2 heterocycles. The fraction of sp³-hybridized carbons (Fsp3) is 0.136. The van der Waals surface area contributed by atoms with E-state index in [1.165, 1.54) is 0 Å². The summed E-state index contributed by atoms with van der Waals surface area (Å²) in [6.45, 7) is 2.35. The van der Waals surface area contributed by atoms with Crippen molar-refractivity contribution in [2.45, 2.75) is 13.5 Å². The Hall–Kier alpha value is -3.25. The summed E-state index contributed by atoms with van der Waals surface area (Å²) in [4.78, 5) is 22.0. The number of ether oxygens (including phenoxy) is 1. The lowest BCUT2D eigenvalue weighted by molar-refractivity contribution is -0.123. The number of carbonyl (C=O) groups excluding carboxylic acids is 1. The molecular formula is C22H19N3O2S. The number of nitrogens with one attached hydrogen (secondary N) is 1. The second kappa shape index (κ2) is 8.19. The topological polar surface area (TPSA) is 64.1 Å². The van der Waals surface area contributed by atoms with E-state index in [1.807, 2.05) is 61.5 Å². The zero-order valence-electron chi connectivity index (χ0n) is 15.4. The molecule has 0 aliphatic heterocycles. The van der Waals surface area contributed by atoms with Crippen LogP contribution in [0, 0.1) is 6.92 Å². The average molecular weight is 389 g/mol.